The quantitative estimate of drug-likeness (QED) is 0.666. The van der Waals surface area contributed by atoms with Crippen molar-refractivity contribution in [2.75, 3.05) is 0 Å². The van der Waals surface area contributed by atoms with Gasteiger partial charge in [0.1, 0.15) is 0 Å². The molecule has 0 fully saturated rings. The SMILES string of the molecule is O=C1N(Cc2ccccc2)Cc2ccccc2CN1Cc1ccccc1. The minimum Gasteiger partial charge on any atom is -0.316 e. The van der Waals surface area contributed by atoms with Crippen LogP contribution in [0.5, 0.6) is 0 Å². The van der Waals surface area contributed by atoms with Crippen LogP contribution in [0.25, 0.3) is 0 Å². The molecule has 3 nitrogen and oxygen atoms in total. The molecule has 0 atom stereocenters. The van der Waals surface area contributed by atoms with Crippen LogP contribution in [0.4, 0.5) is 4.79 Å². The molecule has 1 heterocycles. The Bertz CT molecular complexity index is 804. The largest absolute Gasteiger partial charge is 0.321 e. The standard InChI is InChI=1S/C23H22N2O/c26-23-24(15-19-9-3-1-4-10-19)17-21-13-7-8-14-22(21)18-25(23)16-20-11-5-2-6-12-20/h1-14H,15-18H2. The van der Waals surface area contributed by atoms with Crippen molar-refractivity contribution in [3.05, 3.63) is 107 Å². The summed E-state index contributed by atoms with van der Waals surface area (Å²) in [5.74, 6) is 0. The number of fused-ring (bicyclic) bond motifs is 1. The van der Waals surface area contributed by atoms with Crippen LogP contribution < -0.4 is 0 Å². The lowest BCUT2D eigenvalue weighted by Crippen LogP contribution is -2.39. The fourth-order valence-corrected chi connectivity index (χ4v) is 3.47. The number of amides is 2. The molecule has 0 saturated heterocycles. The van der Waals surface area contributed by atoms with Gasteiger partial charge in [-0.2, -0.15) is 0 Å². The normalized spacial score (nSPS) is 14.1. The van der Waals surface area contributed by atoms with Crippen LogP contribution in [0.2, 0.25) is 0 Å². The fraction of sp³-hybridized carbons (Fsp3) is 0.174. The van der Waals surface area contributed by atoms with E-state index in [1.807, 2.05) is 46.2 Å². The third-order valence-corrected chi connectivity index (χ3v) is 4.81. The Hall–Kier alpha value is -3.07. The van der Waals surface area contributed by atoms with Crippen molar-refractivity contribution in [2.24, 2.45) is 0 Å². The topological polar surface area (TPSA) is 23.6 Å². The molecule has 0 aromatic heterocycles. The third-order valence-electron chi connectivity index (χ3n) is 4.81. The Morgan fingerprint density at radius 1 is 0.577 bits per heavy atom. The molecular weight excluding hydrogens is 320 g/mol. The predicted octanol–water partition coefficient (Wildman–Crippen LogP) is 4.82. The molecule has 0 spiro atoms. The van der Waals surface area contributed by atoms with Crippen LogP contribution in [0.3, 0.4) is 0 Å². The number of carbonyl (C=O) groups is 1. The van der Waals surface area contributed by atoms with Gasteiger partial charge in [0, 0.05) is 26.2 Å². The molecule has 3 aromatic rings. The van der Waals surface area contributed by atoms with Crippen LogP contribution in [-0.4, -0.2) is 15.8 Å². The monoisotopic (exact) mass is 342 g/mol. The molecule has 1 aliphatic heterocycles. The van der Waals surface area contributed by atoms with Gasteiger partial charge in [-0.05, 0) is 22.3 Å². The third kappa shape index (κ3) is 3.62. The summed E-state index contributed by atoms with van der Waals surface area (Å²) in [7, 11) is 0. The van der Waals surface area contributed by atoms with Crippen LogP contribution >= 0.6 is 0 Å². The highest BCUT2D eigenvalue weighted by Gasteiger charge is 2.26. The molecule has 130 valence electrons. The summed E-state index contributed by atoms with van der Waals surface area (Å²) < 4.78 is 0. The molecule has 0 N–H and O–H groups in total. The summed E-state index contributed by atoms with van der Waals surface area (Å²) in [6.45, 7) is 2.54. The van der Waals surface area contributed by atoms with Gasteiger partial charge in [0.2, 0.25) is 0 Å². The number of hydrogen-bond acceptors (Lipinski definition) is 1. The second-order valence-electron chi connectivity index (χ2n) is 6.73. The molecule has 0 saturated carbocycles. The summed E-state index contributed by atoms with van der Waals surface area (Å²) in [5, 5.41) is 0. The van der Waals surface area contributed by atoms with E-state index in [0.29, 0.717) is 26.2 Å². The van der Waals surface area contributed by atoms with Gasteiger partial charge in [-0.15, -0.1) is 0 Å². The predicted molar refractivity (Wildman–Crippen MR) is 103 cm³/mol. The van der Waals surface area contributed by atoms with Gasteiger partial charge >= 0.3 is 6.03 Å². The van der Waals surface area contributed by atoms with Crippen molar-refractivity contribution < 1.29 is 4.79 Å². The molecule has 26 heavy (non-hydrogen) atoms. The van der Waals surface area contributed by atoms with E-state index >= 15 is 0 Å². The molecule has 1 aliphatic rings. The molecular formula is C23H22N2O. The number of carbonyl (C=O) groups excluding carboxylic acids is 1. The van der Waals surface area contributed by atoms with Gasteiger partial charge in [-0.1, -0.05) is 84.9 Å². The summed E-state index contributed by atoms with van der Waals surface area (Å²) in [4.78, 5) is 17.2. The molecule has 0 radical (unpaired) electrons. The summed E-state index contributed by atoms with van der Waals surface area (Å²) in [6.07, 6.45) is 0. The Kier molecular flexibility index (Phi) is 4.69. The van der Waals surface area contributed by atoms with E-state index in [1.165, 1.54) is 11.1 Å². The molecule has 3 heteroatoms. The molecule has 4 rings (SSSR count). The Morgan fingerprint density at radius 3 is 1.38 bits per heavy atom. The number of benzene rings is 3. The van der Waals surface area contributed by atoms with Gasteiger partial charge < -0.3 is 9.80 Å². The molecule has 0 unspecified atom stereocenters. The molecule has 3 aromatic carbocycles. The van der Waals surface area contributed by atoms with Crippen LogP contribution in [0.1, 0.15) is 22.3 Å². The maximum absolute atomic E-state index is 13.3. The fourth-order valence-electron chi connectivity index (χ4n) is 3.47. The molecule has 0 bridgehead atoms. The first-order chi connectivity index (χ1) is 12.8. The average molecular weight is 342 g/mol. The van der Waals surface area contributed by atoms with Gasteiger partial charge in [-0.25, -0.2) is 4.79 Å². The Labute approximate surface area is 154 Å². The molecule has 0 aliphatic carbocycles. The lowest BCUT2D eigenvalue weighted by atomic mass is 10.1. The van der Waals surface area contributed by atoms with Crippen LogP contribution in [0, 0.1) is 0 Å². The maximum atomic E-state index is 13.3. The van der Waals surface area contributed by atoms with Crippen LogP contribution in [0.15, 0.2) is 84.9 Å². The number of urea groups is 1. The smallest absolute Gasteiger partial charge is 0.316 e. The number of rotatable bonds is 4. The van der Waals surface area contributed by atoms with E-state index < -0.39 is 0 Å². The second kappa shape index (κ2) is 7.44. The van der Waals surface area contributed by atoms with Crippen molar-refractivity contribution in [3.8, 4) is 0 Å². The van der Waals surface area contributed by atoms with Gasteiger partial charge in [0.05, 0.1) is 0 Å². The van der Waals surface area contributed by atoms with Crippen molar-refractivity contribution in [3.63, 3.8) is 0 Å². The first-order valence-electron chi connectivity index (χ1n) is 8.98. The van der Waals surface area contributed by atoms with E-state index in [0.717, 1.165) is 11.1 Å². The Balaban J connectivity index is 1.64. The summed E-state index contributed by atoms with van der Waals surface area (Å²) in [5.41, 5.74) is 4.76. The van der Waals surface area contributed by atoms with Gasteiger partial charge in [0.25, 0.3) is 0 Å². The first-order valence-corrected chi connectivity index (χ1v) is 8.98. The minimum atomic E-state index is 0.0916. The average Bonchev–Trinajstić information content (AvgIpc) is 2.81. The summed E-state index contributed by atoms with van der Waals surface area (Å²) >= 11 is 0. The van der Waals surface area contributed by atoms with E-state index in [9.17, 15) is 4.79 Å². The zero-order valence-electron chi connectivity index (χ0n) is 14.7. The zero-order chi connectivity index (χ0) is 17.8. The lowest BCUT2D eigenvalue weighted by Gasteiger charge is -2.28. The number of nitrogens with zero attached hydrogens (tertiary/aromatic N) is 2. The van der Waals surface area contributed by atoms with Crippen LogP contribution in [-0.2, 0) is 26.2 Å². The van der Waals surface area contributed by atoms with E-state index in [-0.39, 0.29) is 6.03 Å². The van der Waals surface area contributed by atoms with Crippen molar-refractivity contribution >= 4 is 6.03 Å². The molecule has 2 amide bonds. The summed E-state index contributed by atoms with van der Waals surface area (Å²) in [6, 6.07) is 28.9. The maximum Gasteiger partial charge on any atom is 0.321 e. The highest BCUT2D eigenvalue weighted by atomic mass is 16.2. The highest BCUT2D eigenvalue weighted by molar-refractivity contribution is 5.75. The van der Waals surface area contributed by atoms with Gasteiger partial charge in [0.15, 0.2) is 0 Å². The Morgan fingerprint density at radius 2 is 0.962 bits per heavy atom. The van der Waals surface area contributed by atoms with E-state index in [1.54, 1.807) is 0 Å². The highest BCUT2D eigenvalue weighted by Crippen LogP contribution is 2.23. The van der Waals surface area contributed by atoms with Gasteiger partial charge in [-0.3, -0.25) is 0 Å². The van der Waals surface area contributed by atoms with E-state index in [2.05, 4.69) is 48.5 Å². The minimum absolute atomic E-state index is 0.0916. The zero-order valence-corrected chi connectivity index (χ0v) is 14.7. The second-order valence-corrected chi connectivity index (χ2v) is 6.73. The number of hydrogen-bond donors (Lipinski definition) is 0. The first kappa shape index (κ1) is 16.4. The lowest BCUT2D eigenvalue weighted by molar-refractivity contribution is 0.147. The van der Waals surface area contributed by atoms with Crippen molar-refractivity contribution in [1.29, 1.82) is 0 Å². The van der Waals surface area contributed by atoms with Crippen molar-refractivity contribution in [1.82, 2.24) is 9.80 Å². The van der Waals surface area contributed by atoms with Crippen molar-refractivity contribution in [2.45, 2.75) is 26.2 Å². The van der Waals surface area contributed by atoms with E-state index in [4.69, 9.17) is 0 Å².